The van der Waals surface area contributed by atoms with Crippen LogP contribution >= 0.6 is 0 Å². The summed E-state index contributed by atoms with van der Waals surface area (Å²) >= 11 is 0. The van der Waals surface area contributed by atoms with Crippen LogP contribution in [0.5, 0.6) is 0 Å². The predicted octanol–water partition coefficient (Wildman–Crippen LogP) is 2.82. The van der Waals surface area contributed by atoms with E-state index in [1.807, 2.05) is 39.0 Å². The minimum absolute atomic E-state index is 0.0821. The van der Waals surface area contributed by atoms with Crippen molar-refractivity contribution in [2.45, 2.75) is 47.0 Å². The molecule has 1 aliphatic heterocycles. The Hall–Kier alpha value is -3.75. The smallest absolute Gasteiger partial charge is 0.252 e. The van der Waals surface area contributed by atoms with E-state index in [0.717, 1.165) is 23.2 Å². The molecule has 1 aromatic carbocycles. The van der Waals surface area contributed by atoms with E-state index >= 15 is 0 Å². The molecule has 9 heteroatoms. The molecular weight excluding hydrogens is 420 g/mol. The van der Waals surface area contributed by atoms with Gasteiger partial charge < -0.3 is 10.2 Å². The molecule has 0 spiro atoms. The van der Waals surface area contributed by atoms with Crippen LogP contribution in [0.25, 0.3) is 5.95 Å². The summed E-state index contributed by atoms with van der Waals surface area (Å²) < 4.78 is 1.42. The number of aromatic nitrogens is 4. The average molecular weight is 449 g/mol. The van der Waals surface area contributed by atoms with Gasteiger partial charge in [0.05, 0.1) is 11.6 Å². The normalized spacial score (nSPS) is 15.8. The van der Waals surface area contributed by atoms with E-state index in [-0.39, 0.29) is 29.7 Å². The molecule has 0 unspecified atom stereocenters. The second-order valence-electron chi connectivity index (χ2n) is 8.56. The first-order valence-electron chi connectivity index (χ1n) is 11.1. The third-order valence-electron chi connectivity index (χ3n) is 5.87. The predicted molar refractivity (Wildman–Crippen MR) is 126 cm³/mol. The molecule has 1 fully saturated rings. The summed E-state index contributed by atoms with van der Waals surface area (Å²) in [6, 6.07) is 9.03. The van der Waals surface area contributed by atoms with E-state index in [0.29, 0.717) is 30.2 Å². The molecule has 2 N–H and O–H groups in total. The number of rotatable bonds is 6. The molecule has 1 atom stereocenters. The van der Waals surface area contributed by atoms with E-state index < -0.39 is 5.92 Å². The number of carbonyl (C=O) groups excluding carboxylic acids is 2. The van der Waals surface area contributed by atoms with Gasteiger partial charge in [-0.3, -0.25) is 19.4 Å². The van der Waals surface area contributed by atoms with Crippen molar-refractivity contribution in [2.24, 2.45) is 5.92 Å². The molecule has 4 rings (SSSR count). The SMILES string of the molecule is CCCc1cc(=O)[nH]c(-n2nc(C)cc2NC(=O)[C@@H]2CC(=O)N(c3ccc(C)c(C)c3)C2)n1. The van der Waals surface area contributed by atoms with Crippen molar-refractivity contribution in [1.29, 1.82) is 0 Å². The second kappa shape index (κ2) is 9.01. The largest absolute Gasteiger partial charge is 0.312 e. The van der Waals surface area contributed by atoms with Gasteiger partial charge in [0.2, 0.25) is 17.8 Å². The molecule has 0 saturated carbocycles. The monoisotopic (exact) mass is 448 g/mol. The number of aromatic amines is 1. The third kappa shape index (κ3) is 4.72. The topological polar surface area (TPSA) is 113 Å². The fraction of sp³-hybridized carbons (Fsp3) is 0.375. The fourth-order valence-corrected chi connectivity index (χ4v) is 3.98. The number of amides is 2. The van der Waals surface area contributed by atoms with Gasteiger partial charge in [0, 0.05) is 36.5 Å². The van der Waals surface area contributed by atoms with Gasteiger partial charge in [-0.05, 0) is 50.5 Å². The summed E-state index contributed by atoms with van der Waals surface area (Å²) in [5, 5.41) is 7.27. The number of aryl methyl sites for hydroxylation is 4. The van der Waals surface area contributed by atoms with Crippen LogP contribution in [0.15, 0.2) is 35.1 Å². The molecule has 172 valence electrons. The molecule has 2 aromatic heterocycles. The van der Waals surface area contributed by atoms with Crippen LogP contribution in [0, 0.1) is 26.7 Å². The first kappa shape index (κ1) is 22.4. The summed E-state index contributed by atoms with van der Waals surface area (Å²) in [5.41, 5.74) is 4.09. The van der Waals surface area contributed by atoms with E-state index in [4.69, 9.17) is 0 Å². The van der Waals surface area contributed by atoms with Crippen molar-refractivity contribution in [2.75, 3.05) is 16.8 Å². The number of hydrogen-bond acceptors (Lipinski definition) is 5. The molecular formula is C24H28N6O3. The lowest BCUT2D eigenvalue weighted by molar-refractivity contribution is -0.122. The number of hydrogen-bond donors (Lipinski definition) is 2. The highest BCUT2D eigenvalue weighted by Crippen LogP contribution is 2.28. The van der Waals surface area contributed by atoms with Crippen LogP contribution < -0.4 is 15.8 Å². The van der Waals surface area contributed by atoms with Crippen molar-refractivity contribution >= 4 is 23.3 Å². The molecule has 0 aliphatic carbocycles. The maximum Gasteiger partial charge on any atom is 0.252 e. The van der Waals surface area contributed by atoms with E-state index in [9.17, 15) is 14.4 Å². The van der Waals surface area contributed by atoms with Crippen LogP contribution in [-0.4, -0.2) is 38.1 Å². The lowest BCUT2D eigenvalue weighted by Crippen LogP contribution is -2.29. The standard InChI is InChI=1S/C24H28N6O3/c1-5-6-18-12-21(31)27-24(25-18)30-20(10-16(4)28-30)26-23(33)17-11-22(32)29(13-17)19-8-7-14(2)15(3)9-19/h7-10,12,17H,5-6,11,13H2,1-4H3,(H,26,33)(H,25,27,31)/t17-/m1/s1. The Labute approximate surface area is 191 Å². The Kier molecular flexibility index (Phi) is 6.13. The van der Waals surface area contributed by atoms with Crippen molar-refractivity contribution in [1.82, 2.24) is 19.7 Å². The van der Waals surface area contributed by atoms with E-state index in [2.05, 4.69) is 20.4 Å². The Morgan fingerprint density at radius 3 is 2.67 bits per heavy atom. The minimum atomic E-state index is -0.499. The van der Waals surface area contributed by atoms with Gasteiger partial charge in [0.15, 0.2) is 0 Å². The molecule has 3 aromatic rings. The lowest BCUT2D eigenvalue weighted by Gasteiger charge is -2.18. The third-order valence-corrected chi connectivity index (χ3v) is 5.87. The molecule has 1 aliphatic rings. The Morgan fingerprint density at radius 2 is 1.94 bits per heavy atom. The van der Waals surface area contributed by atoms with Crippen LogP contribution in [-0.2, 0) is 16.0 Å². The molecule has 9 nitrogen and oxygen atoms in total. The van der Waals surface area contributed by atoms with Crippen LogP contribution in [0.4, 0.5) is 11.5 Å². The highest BCUT2D eigenvalue weighted by molar-refractivity contribution is 6.03. The summed E-state index contributed by atoms with van der Waals surface area (Å²) in [7, 11) is 0. The van der Waals surface area contributed by atoms with Crippen molar-refractivity contribution in [3.05, 3.63) is 63.2 Å². The first-order chi connectivity index (χ1) is 15.7. The number of nitrogens with one attached hydrogen (secondary N) is 2. The molecule has 1 saturated heterocycles. The van der Waals surface area contributed by atoms with E-state index in [1.165, 1.54) is 10.7 Å². The number of nitrogens with zero attached hydrogens (tertiary/aromatic N) is 4. The summed E-state index contributed by atoms with van der Waals surface area (Å²) in [6.07, 6.45) is 1.65. The highest BCUT2D eigenvalue weighted by atomic mass is 16.2. The number of anilines is 2. The molecule has 33 heavy (non-hydrogen) atoms. The van der Waals surface area contributed by atoms with Crippen LogP contribution in [0.3, 0.4) is 0 Å². The average Bonchev–Trinajstić information content (AvgIpc) is 3.32. The summed E-state index contributed by atoms with van der Waals surface area (Å²) in [6.45, 7) is 8.13. The van der Waals surface area contributed by atoms with Gasteiger partial charge >= 0.3 is 0 Å². The van der Waals surface area contributed by atoms with Crippen LogP contribution in [0.2, 0.25) is 0 Å². The van der Waals surface area contributed by atoms with Crippen LogP contribution in [0.1, 0.15) is 42.3 Å². The number of benzene rings is 1. The van der Waals surface area contributed by atoms with Gasteiger partial charge in [-0.1, -0.05) is 19.4 Å². The fourth-order valence-electron chi connectivity index (χ4n) is 3.98. The Morgan fingerprint density at radius 1 is 1.15 bits per heavy atom. The van der Waals surface area contributed by atoms with Crippen molar-refractivity contribution in [3.63, 3.8) is 0 Å². The van der Waals surface area contributed by atoms with Gasteiger partial charge in [-0.25, -0.2) is 4.98 Å². The maximum absolute atomic E-state index is 13.1. The summed E-state index contributed by atoms with van der Waals surface area (Å²) in [4.78, 5) is 46.6. The van der Waals surface area contributed by atoms with Crippen molar-refractivity contribution < 1.29 is 9.59 Å². The Bertz CT molecular complexity index is 1280. The molecule has 3 heterocycles. The zero-order valence-electron chi connectivity index (χ0n) is 19.3. The maximum atomic E-state index is 13.1. The van der Waals surface area contributed by atoms with Gasteiger partial charge in [-0.2, -0.15) is 9.78 Å². The van der Waals surface area contributed by atoms with E-state index in [1.54, 1.807) is 17.9 Å². The first-order valence-corrected chi connectivity index (χ1v) is 11.1. The minimum Gasteiger partial charge on any atom is -0.312 e. The molecule has 2 amide bonds. The molecule has 0 radical (unpaired) electrons. The quantitative estimate of drug-likeness (QED) is 0.602. The molecule has 0 bridgehead atoms. The number of H-pyrrole nitrogens is 1. The second-order valence-corrected chi connectivity index (χ2v) is 8.56. The zero-order valence-corrected chi connectivity index (χ0v) is 19.3. The highest BCUT2D eigenvalue weighted by Gasteiger charge is 2.35. The lowest BCUT2D eigenvalue weighted by atomic mass is 10.1. The number of carbonyl (C=O) groups is 2. The van der Waals surface area contributed by atoms with Crippen molar-refractivity contribution in [3.8, 4) is 5.95 Å². The zero-order chi connectivity index (χ0) is 23.7. The summed E-state index contributed by atoms with van der Waals surface area (Å²) in [5.74, 6) is -0.217. The Balaban J connectivity index is 1.55. The van der Waals surface area contributed by atoms with Gasteiger partial charge in [-0.15, -0.1) is 0 Å². The van der Waals surface area contributed by atoms with Gasteiger partial charge in [0.25, 0.3) is 5.56 Å². The van der Waals surface area contributed by atoms with Gasteiger partial charge in [0.1, 0.15) is 5.82 Å².